The summed E-state index contributed by atoms with van der Waals surface area (Å²) in [5, 5.41) is 7.42. The van der Waals surface area contributed by atoms with Crippen molar-refractivity contribution in [3.05, 3.63) is 35.4 Å². The van der Waals surface area contributed by atoms with Crippen molar-refractivity contribution in [3.63, 3.8) is 0 Å². The molecule has 1 aliphatic rings. The Morgan fingerprint density at radius 3 is 1.89 bits per heavy atom. The van der Waals surface area contributed by atoms with Gasteiger partial charge in [0.15, 0.2) is 0 Å². The Kier molecular flexibility index (Phi) is 12.7. The van der Waals surface area contributed by atoms with E-state index < -0.39 is 55.1 Å². The topological polar surface area (TPSA) is 40.5 Å². The molecular weight excluding hydrogens is 486 g/mol. The van der Waals surface area contributed by atoms with Crippen LogP contribution in [0.4, 0.5) is 35.1 Å². The molecular formula is C24H35F8NO2. The van der Waals surface area contributed by atoms with Crippen LogP contribution >= 0.6 is 0 Å². The van der Waals surface area contributed by atoms with Gasteiger partial charge in [-0.05, 0) is 36.1 Å². The van der Waals surface area contributed by atoms with Crippen molar-refractivity contribution in [2.45, 2.75) is 91.0 Å². The quantitative estimate of drug-likeness (QED) is 0.405. The Labute approximate surface area is 201 Å². The first kappa shape index (κ1) is 33.1. The van der Waals surface area contributed by atoms with Gasteiger partial charge >= 0.3 is 12.4 Å². The zero-order valence-electron chi connectivity index (χ0n) is 20.7. The van der Waals surface area contributed by atoms with Crippen molar-refractivity contribution in [3.8, 4) is 0 Å². The molecule has 0 bridgehead atoms. The van der Waals surface area contributed by atoms with Crippen LogP contribution < -0.4 is 0 Å². The molecule has 0 spiro atoms. The lowest BCUT2D eigenvalue weighted by atomic mass is 9.91. The van der Waals surface area contributed by atoms with Gasteiger partial charge in [0.1, 0.15) is 0 Å². The standard InChI is InChI=1S/C16H17F8N.C6H14.C2H4O2/c17-14(18)7-9-25(8-1-6-15(19,20)21)13(10-14)11-2-4-12(5-3-11)16(22,23)24;1-5-6(2,3)4;1-2(3)4/h2-5,13H,1,6-10H2;5H2,1-4H3;1H3,(H,3,4). The van der Waals surface area contributed by atoms with Crippen LogP contribution in [0.5, 0.6) is 0 Å². The van der Waals surface area contributed by atoms with E-state index in [2.05, 4.69) is 27.7 Å². The van der Waals surface area contributed by atoms with Gasteiger partial charge in [-0.3, -0.25) is 9.69 Å². The summed E-state index contributed by atoms with van der Waals surface area (Å²) in [5.41, 5.74) is -0.109. The summed E-state index contributed by atoms with van der Waals surface area (Å²) in [5.74, 6) is -3.83. The first-order chi connectivity index (χ1) is 15.7. The molecule has 1 fully saturated rings. The number of nitrogens with zero attached hydrogens (tertiary/aromatic N) is 1. The van der Waals surface area contributed by atoms with E-state index in [0.717, 1.165) is 31.2 Å². The highest BCUT2D eigenvalue weighted by molar-refractivity contribution is 5.62. The third-order valence-corrected chi connectivity index (χ3v) is 5.29. The minimum Gasteiger partial charge on any atom is -0.481 e. The van der Waals surface area contributed by atoms with Crippen molar-refractivity contribution >= 4 is 5.97 Å². The number of aliphatic carboxylic acids is 1. The monoisotopic (exact) mass is 521 g/mol. The first-order valence-corrected chi connectivity index (χ1v) is 11.2. The molecule has 3 nitrogen and oxygen atoms in total. The number of likely N-dealkylation sites (tertiary alicyclic amines) is 1. The van der Waals surface area contributed by atoms with Crippen molar-refractivity contribution in [1.29, 1.82) is 0 Å². The first-order valence-electron chi connectivity index (χ1n) is 11.2. The van der Waals surface area contributed by atoms with E-state index in [1.807, 2.05) is 0 Å². The smallest absolute Gasteiger partial charge is 0.416 e. The Hall–Kier alpha value is -1.91. The van der Waals surface area contributed by atoms with Gasteiger partial charge in [-0.25, -0.2) is 8.78 Å². The normalized spacial score (nSPS) is 18.6. The fourth-order valence-electron chi connectivity index (χ4n) is 2.95. The average Bonchev–Trinajstić information content (AvgIpc) is 2.67. The number of piperidine rings is 1. The highest BCUT2D eigenvalue weighted by Crippen LogP contribution is 2.41. The predicted octanol–water partition coefficient (Wildman–Crippen LogP) is 8.35. The van der Waals surface area contributed by atoms with Gasteiger partial charge in [0.05, 0.1) is 5.56 Å². The lowest BCUT2D eigenvalue weighted by Gasteiger charge is -2.39. The van der Waals surface area contributed by atoms with Crippen molar-refractivity contribution < 1.29 is 45.0 Å². The van der Waals surface area contributed by atoms with Crippen LogP contribution in [0.3, 0.4) is 0 Å². The van der Waals surface area contributed by atoms with E-state index in [-0.39, 0.29) is 25.1 Å². The lowest BCUT2D eigenvalue weighted by molar-refractivity contribution is -0.138. The van der Waals surface area contributed by atoms with E-state index in [1.165, 1.54) is 11.3 Å². The Morgan fingerprint density at radius 1 is 1.06 bits per heavy atom. The third kappa shape index (κ3) is 15.6. The molecule has 35 heavy (non-hydrogen) atoms. The van der Waals surface area contributed by atoms with Gasteiger partial charge < -0.3 is 5.11 Å². The number of hydrogen-bond donors (Lipinski definition) is 1. The van der Waals surface area contributed by atoms with Crippen molar-refractivity contribution in [1.82, 2.24) is 4.90 Å². The van der Waals surface area contributed by atoms with Crippen LogP contribution in [0.1, 0.15) is 83.9 Å². The molecule has 0 radical (unpaired) electrons. The highest BCUT2D eigenvalue weighted by atomic mass is 19.4. The second-order valence-electron chi connectivity index (χ2n) is 9.63. The molecule has 2 rings (SSSR count). The fourth-order valence-corrected chi connectivity index (χ4v) is 2.95. The number of benzene rings is 1. The van der Waals surface area contributed by atoms with E-state index >= 15 is 0 Å². The van der Waals surface area contributed by atoms with Crippen LogP contribution in [0.2, 0.25) is 0 Å². The van der Waals surface area contributed by atoms with Gasteiger partial charge in [0.2, 0.25) is 0 Å². The molecule has 11 heteroatoms. The van der Waals surface area contributed by atoms with Crippen LogP contribution in [0.25, 0.3) is 0 Å². The molecule has 1 atom stereocenters. The SMILES string of the molecule is CC(=O)O.CCC(C)(C)C.FC(F)(F)CCCN1CCC(F)(F)CC1c1ccc(C(F)(F)F)cc1. The predicted molar refractivity (Wildman–Crippen MR) is 118 cm³/mol. The molecule has 1 N–H and O–H groups in total. The third-order valence-electron chi connectivity index (χ3n) is 5.29. The molecule has 1 heterocycles. The molecule has 0 saturated carbocycles. The molecule has 0 aromatic heterocycles. The van der Waals surface area contributed by atoms with Crippen LogP contribution in [-0.4, -0.2) is 41.2 Å². The van der Waals surface area contributed by atoms with Crippen molar-refractivity contribution in [2.75, 3.05) is 13.1 Å². The maximum Gasteiger partial charge on any atom is 0.416 e. The Balaban J connectivity index is 0.000000976. The van der Waals surface area contributed by atoms with Gasteiger partial charge in [-0.2, -0.15) is 26.3 Å². The number of rotatable bonds is 4. The summed E-state index contributed by atoms with van der Waals surface area (Å²) >= 11 is 0. The molecule has 1 aromatic rings. The van der Waals surface area contributed by atoms with E-state index in [0.29, 0.717) is 5.41 Å². The average molecular weight is 522 g/mol. The summed E-state index contributed by atoms with van der Waals surface area (Å²) in [7, 11) is 0. The number of carboxylic acid groups (broad SMARTS) is 1. The lowest BCUT2D eigenvalue weighted by Crippen LogP contribution is -2.42. The van der Waals surface area contributed by atoms with Gasteiger partial charge in [-0.15, -0.1) is 0 Å². The van der Waals surface area contributed by atoms with Crippen LogP contribution in [-0.2, 0) is 11.0 Å². The van der Waals surface area contributed by atoms with E-state index in [4.69, 9.17) is 9.90 Å². The van der Waals surface area contributed by atoms with E-state index in [9.17, 15) is 35.1 Å². The highest BCUT2D eigenvalue weighted by Gasteiger charge is 2.41. The maximum absolute atomic E-state index is 13.7. The fraction of sp³-hybridized carbons (Fsp3) is 0.708. The minimum absolute atomic E-state index is 0.0404. The van der Waals surface area contributed by atoms with Crippen molar-refractivity contribution in [2.24, 2.45) is 5.41 Å². The Bertz CT molecular complexity index is 749. The second-order valence-corrected chi connectivity index (χ2v) is 9.63. The minimum atomic E-state index is -4.54. The molecule has 204 valence electrons. The van der Waals surface area contributed by atoms with Gasteiger partial charge in [0.25, 0.3) is 11.9 Å². The maximum atomic E-state index is 13.7. The number of carboxylic acids is 1. The summed E-state index contributed by atoms with van der Waals surface area (Å²) < 4.78 is 102. The molecule has 0 amide bonds. The molecule has 1 aliphatic heterocycles. The number of halogens is 8. The van der Waals surface area contributed by atoms with Gasteiger partial charge in [-0.1, -0.05) is 46.2 Å². The van der Waals surface area contributed by atoms with Gasteiger partial charge in [0, 0.05) is 38.8 Å². The van der Waals surface area contributed by atoms with Crippen LogP contribution in [0, 0.1) is 5.41 Å². The summed E-state index contributed by atoms with van der Waals surface area (Å²) in [6.07, 6.45) is -9.97. The molecule has 1 unspecified atom stereocenters. The number of hydrogen-bond acceptors (Lipinski definition) is 2. The summed E-state index contributed by atoms with van der Waals surface area (Å²) in [6, 6.07) is 2.93. The Morgan fingerprint density at radius 2 is 1.51 bits per heavy atom. The van der Waals surface area contributed by atoms with E-state index in [1.54, 1.807) is 0 Å². The summed E-state index contributed by atoms with van der Waals surface area (Å²) in [4.78, 5) is 10.5. The second kappa shape index (κ2) is 13.4. The summed E-state index contributed by atoms with van der Waals surface area (Å²) in [6.45, 7) is 9.88. The largest absolute Gasteiger partial charge is 0.481 e. The zero-order chi connectivity index (χ0) is 27.7. The number of carbonyl (C=O) groups is 1. The molecule has 0 aliphatic carbocycles. The molecule has 1 aromatic carbocycles. The van der Waals surface area contributed by atoms with Crippen LogP contribution in [0.15, 0.2) is 24.3 Å². The number of alkyl halides is 8. The zero-order valence-corrected chi connectivity index (χ0v) is 20.7. The molecule has 1 saturated heterocycles.